The molecule has 7 heteroatoms. The highest BCUT2D eigenvalue weighted by atomic mass is 16.5. The lowest BCUT2D eigenvalue weighted by Crippen LogP contribution is -2.37. The molecule has 1 heterocycles. The molecule has 1 atom stereocenters. The van der Waals surface area contributed by atoms with Crippen molar-refractivity contribution in [1.82, 2.24) is 9.36 Å². The minimum atomic E-state index is -0.788. The molecule has 1 aromatic heterocycles. The summed E-state index contributed by atoms with van der Waals surface area (Å²) in [6.07, 6.45) is -0.788. The molecule has 0 saturated heterocycles. The van der Waals surface area contributed by atoms with E-state index in [1.807, 2.05) is 30.3 Å². The summed E-state index contributed by atoms with van der Waals surface area (Å²) < 4.78 is 8.17. The molecule has 0 spiro atoms. The van der Waals surface area contributed by atoms with Gasteiger partial charge in [0.15, 0.2) is 0 Å². The summed E-state index contributed by atoms with van der Waals surface area (Å²) in [5.41, 5.74) is 6.76. The largest absolute Gasteiger partial charge is 0.370 e. The van der Waals surface area contributed by atoms with Crippen molar-refractivity contribution < 1.29 is 9.53 Å². The van der Waals surface area contributed by atoms with E-state index in [1.165, 1.54) is 11.8 Å². The van der Waals surface area contributed by atoms with Crippen LogP contribution in [0.3, 0.4) is 0 Å². The number of nitrogens with two attached hydrogens (primary N) is 1. The number of amides is 1. The molecule has 0 aliphatic heterocycles. The Balaban J connectivity index is 2.43. The van der Waals surface area contributed by atoms with Gasteiger partial charge in [-0.1, -0.05) is 18.2 Å². The molecule has 118 valence electrons. The van der Waals surface area contributed by atoms with Crippen LogP contribution in [0.2, 0.25) is 0 Å². The monoisotopic (exact) mass is 304 g/mol. The van der Waals surface area contributed by atoms with E-state index in [-0.39, 0.29) is 17.8 Å². The van der Waals surface area contributed by atoms with Gasteiger partial charge in [0, 0.05) is 20.7 Å². The second-order valence-corrected chi connectivity index (χ2v) is 4.89. The number of rotatable bonds is 5. The highest BCUT2D eigenvalue weighted by molar-refractivity contribution is 5.94. The molecule has 7 nitrogen and oxygen atoms in total. The number of anilines is 1. The molecule has 0 bridgehead atoms. The van der Waals surface area contributed by atoms with Crippen LogP contribution in [0.5, 0.6) is 0 Å². The predicted octanol–water partition coefficient (Wildman–Crippen LogP) is 0.397. The van der Waals surface area contributed by atoms with Gasteiger partial charge in [-0.25, -0.2) is 4.68 Å². The van der Waals surface area contributed by atoms with Crippen molar-refractivity contribution in [2.24, 2.45) is 12.8 Å². The van der Waals surface area contributed by atoms with Crippen molar-refractivity contribution in [3.05, 3.63) is 46.4 Å². The van der Waals surface area contributed by atoms with Gasteiger partial charge in [0.25, 0.3) is 11.5 Å². The predicted molar refractivity (Wildman–Crippen MR) is 84.2 cm³/mol. The third-order valence-corrected chi connectivity index (χ3v) is 3.59. The average molecular weight is 304 g/mol. The van der Waals surface area contributed by atoms with E-state index < -0.39 is 12.0 Å². The number of ether oxygens (including phenoxy) is 1. The molecule has 2 rings (SSSR count). The molecule has 0 radical (unpaired) electrons. The maximum Gasteiger partial charge on any atom is 0.295 e. The minimum absolute atomic E-state index is 0.0427. The zero-order valence-corrected chi connectivity index (χ0v) is 12.9. The number of para-hydroxylation sites is 1. The lowest BCUT2D eigenvalue weighted by molar-refractivity contribution is -0.125. The van der Waals surface area contributed by atoms with Crippen LogP contribution in [0, 0.1) is 6.92 Å². The first-order chi connectivity index (χ1) is 10.5. The summed E-state index contributed by atoms with van der Waals surface area (Å²) in [5, 5.41) is 2.61. The summed E-state index contributed by atoms with van der Waals surface area (Å²) in [5.74, 6) is -0.434. The van der Waals surface area contributed by atoms with E-state index >= 15 is 0 Å². The van der Waals surface area contributed by atoms with Crippen LogP contribution in [0.25, 0.3) is 5.69 Å². The first-order valence-electron chi connectivity index (χ1n) is 6.89. The Morgan fingerprint density at radius 1 is 1.36 bits per heavy atom. The topological polar surface area (TPSA) is 91.3 Å². The van der Waals surface area contributed by atoms with E-state index in [2.05, 4.69) is 5.32 Å². The van der Waals surface area contributed by atoms with E-state index in [9.17, 15) is 9.59 Å². The molecule has 3 N–H and O–H groups in total. The van der Waals surface area contributed by atoms with Crippen LogP contribution in [0.4, 0.5) is 5.69 Å². The number of carbonyl (C=O) groups excluding carboxylic acids is 1. The van der Waals surface area contributed by atoms with Gasteiger partial charge in [0.05, 0.1) is 11.4 Å². The van der Waals surface area contributed by atoms with Crippen molar-refractivity contribution in [1.29, 1.82) is 0 Å². The Hall–Kier alpha value is -2.38. The number of methoxy groups -OCH3 is 1. The van der Waals surface area contributed by atoms with Crippen LogP contribution in [0.15, 0.2) is 35.1 Å². The van der Waals surface area contributed by atoms with Crippen LogP contribution >= 0.6 is 0 Å². The Labute approximate surface area is 128 Å². The first kappa shape index (κ1) is 16.0. The van der Waals surface area contributed by atoms with Crippen molar-refractivity contribution >= 4 is 11.6 Å². The number of nitrogens with one attached hydrogen (secondary N) is 1. The number of hydrogen-bond acceptors (Lipinski definition) is 4. The zero-order valence-electron chi connectivity index (χ0n) is 12.9. The second-order valence-electron chi connectivity index (χ2n) is 4.89. The lowest BCUT2D eigenvalue weighted by Gasteiger charge is -2.12. The molecular formula is C15H20N4O3. The average Bonchev–Trinajstić information content (AvgIpc) is 2.73. The number of carbonyl (C=O) groups is 1. The highest BCUT2D eigenvalue weighted by Crippen LogP contribution is 2.14. The molecule has 0 aliphatic carbocycles. The molecule has 0 aliphatic rings. The number of hydrogen-bond donors (Lipinski definition) is 2. The van der Waals surface area contributed by atoms with Crippen molar-refractivity contribution in [3.63, 3.8) is 0 Å². The Kier molecular flexibility index (Phi) is 4.79. The fourth-order valence-corrected chi connectivity index (χ4v) is 2.23. The summed E-state index contributed by atoms with van der Waals surface area (Å²) in [6.45, 7) is 1.81. The number of benzene rings is 1. The fraction of sp³-hybridized carbons (Fsp3) is 0.333. The molecule has 0 fully saturated rings. The molecule has 1 amide bonds. The van der Waals surface area contributed by atoms with E-state index in [1.54, 1.807) is 18.7 Å². The van der Waals surface area contributed by atoms with E-state index in [4.69, 9.17) is 10.5 Å². The van der Waals surface area contributed by atoms with Gasteiger partial charge in [-0.3, -0.25) is 14.3 Å². The highest BCUT2D eigenvalue weighted by Gasteiger charge is 2.22. The molecule has 1 aromatic carbocycles. The van der Waals surface area contributed by atoms with Crippen LogP contribution < -0.4 is 16.6 Å². The van der Waals surface area contributed by atoms with Crippen molar-refractivity contribution in [2.45, 2.75) is 13.0 Å². The second kappa shape index (κ2) is 6.59. The first-order valence-corrected chi connectivity index (χ1v) is 6.89. The standard InChI is InChI=1S/C15H20N4O3/c1-10-13(17-14(20)12(9-16)22-3)15(21)19(18(10)2)11-7-5-4-6-8-11/h4-8,12H,9,16H2,1-3H3,(H,17,20). The van der Waals surface area contributed by atoms with Crippen LogP contribution in [-0.4, -0.2) is 35.0 Å². The molecule has 1 unspecified atom stereocenters. The van der Waals surface area contributed by atoms with Crippen molar-refractivity contribution in [2.75, 3.05) is 19.0 Å². The Bertz CT molecular complexity index is 714. The van der Waals surface area contributed by atoms with E-state index in [0.717, 1.165) is 5.69 Å². The molecule has 0 saturated carbocycles. The Morgan fingerprint density at radius 2 is 2.00 bits per heavy atom. The molecule has 22 heavy (non-hydrogen) atoms. The van der Waals surface area contributed by atoms with Gasteiger partial charge in [0.2, 0.25) is 0 Å². The maximum atomic E-state index is 12.6. The normalized spacial score (nSPS) is 12.2. The van der Waals surface area contributed by atoms with Gasteiger partial charge in [0.1, 0.15) is 11.8 Å². The van der Waals surface area contributed by atoms with Gasteiger partial charge in [-0.2, -0.15) is 0 Å². The molecule has 2 aromatic rings. The van der Waals surface area contributed by atoms with Crippen LogP contribution in [-0.2, 0) is 16.6 Å². The summed E-state index contributed by atoms with van der Waals surface area (Å²) in [4.78, 5) is 24.7. The number of aromatic nitrogens is 2. The summed E-state index contributed by atoms with van der Waals surface area (Å²) >= 11 is 0. The van der Waals surface area contributed by atoms with Crippen molar-refractivity contribution in [3.8, 4) is 5.69 Å². The third-order valence-electron chi connectivity index (χ3n) is 3.59. The van der Waals surface area contributed by atoms with E-state index in [0.29, 0.717) is 5.69 Å². The number of nitrogens with zero attached hydrogens (tertiary/aromatic N) is 2. The third kappa shape index (κ3) is 2.81. The maximum absolute atomic E-state index is 12.6. The van der Waals surface area contributed by atoms with Gasteiger partial charge < -0.3 is 15.8 Å². The Morgan fingerprint density at radius 3 is 2.55 bits per heavy atom. The SMILES string of the molecule is COC(CN)C(=O)Nc1c(C)n(C)n(-c2ccccc2)c1=O. The quantitative estimate of drug-likeness (QED) is 0.836. The molecular weight excluding hydrogens is 284 g/mol. The summed E-state index contributed by atoms with van der Waals surface area (Å²) in [7, 11) is 3.16. The van der Waals surface area contributed by atoms with Gasteiger partial charge >= 0.3 is 0 Å². The lowest BCUT2D eigenvalue weighted by atomic mass is 10.3. The van der Waals surface area contributed by atoms with Gasteiger partial charge in [-0.05, 0) is 19.1 Å². The van der Waals surface area contributed by atoms with Gasteiger partial charge in [-0.15, -0.1) is 0 Å². The fourth-order valence-electron chi connectivity index (χ4n) is 2.23. The van der Waals surface area contributed by atoms with Crippen LogP contribution in [0.1, 0.15) is 5.69 Å². The zero-order chi connectivity index (χ0) is 16.3. The smallest absolute Gasteiger partial charge is 0.295 e. The summed E-state index contributed by atoms with van der Waals surface area (Å²) in [6, 6.07) is 9.21. The minimum Gasteiger partial charge on any atom is -0.370 e.